The van der Waals surface area contributed by atoms with Gasteiger partial charge >= 0.3 is 0 Å². The Labute approximate surface area is 431 Å². The van der Waals surface area contributed by atoms with E-state index >= 15 is 19.2 Å². The quantitative estimate of drug-likeness (QED) is 0.133. The van der Waals surface area contributed by atoms with Crippen LogP contribution in [0.25, 0.3) is 99.8 Å². The zero-order chi connectivity index (χ0) is 52.6. The van der Waals surface area contributed by atoms with Crippen molar-refractivity contribution < 1.29 is 10.2 Å². The van der Waals surface area contributed by atoms with Gasteiger partial charge < -0.3 is 10.2 Å². The Balaban J connectivity index is 1.05. The third kappa shape index (κ3) is 6.91. The van der Waals surface area contributed by atoms with Crippen molar-refractivity contribution in [2.24, 2.45) is 0 Å². The molecule has 374 valence electrons. The number of para-hydroxylation sites is 8. The summed E-state index contributed by atoms with van der Waals surface area (Å²) in [5.74, 6) is 2.11. The fourth-order valence-electron chi connectivity index (χ4n) is 11.0. The molecule has 0 aliphatic heterocycles. The first-order valence-corrected chi connectivity index (χ1v) is 25.2. The van der Waals surface area contributed by atoms with Crippen LogP contribution in [-0.4, -0.2) is 57.6 Å². The molecule has 0 saturated heterocycles. The van der Waals surface area contributed by atoms with Gasteiger partial charge in [0.2, 0.25) is 0 Å². The maximum absolute atomic E-state index is 15.0. The van der Waals surface area contributed by atoms with Crippen molar-refractivity contribution in [3.05, 3.63) is 210 Å². The fraction of sp³-hybridized carbons (Fsp3) is 0.167. The highest BCUT2D eigenvalue weighted by molar-refractivity contribution is 5.98. The number of nitrogens with zero attached hydrogens (tertiary/aromatic N) is 10. The Hall–Kier alpha value is -9.38. The van der Waals surface area contributed by atoms with Crippen LogP contribution in [0, 0.1) is 0 Å². The second kappa shape index (κ2) is 17.1. The molecule has 13 rings (SSSR count). The summed E-state index contributed by atoms with van der Waals surface area (Å²) >= 11 is 0. The second-order valence-electron chi connectivity index (χ2n) is 20.1. The molecule has 0 bridgehead atoms. The minimum absolute atomic E-state index is 0.0391. The van der Waals surface area contributed by atoms with Crippen molar-refractivity contribution in [2.75, 3.05) is 0 Å². The first kappa shape index (κ1) is 46.4. The van der Waals surface area contributed by atoms with Crippen molar-refractivity contribution in [3.63, 3.8) is 0 Å². The van der Waals surface area contributed by atoms with E-state index in [4.69, 9.17) is 19.9 Å². The molecule has 16 nitrogen and oxygen atoms in total. The summed E-state index contributed by atoms with van der Waals surface area (Å²) in [7, 11) is 0. The number of aliphatic hydroxyl groups excluding tert-OH is 2. The molecule has 0 amide bonds. The van der Waals surface area contributed by atoms with Crippen LogP contribution >= 0.6 is 0 Å². The maximum Gasteiger partial charge on any atom is 0.266 e. The van der Waals surface area contributed by atoms with Gasteiger partial charge in [0.15, 0.2) is 0 Å². The molecule has 6 aromatic heterocycles. The average molecular weight is 1010 g/mol. The summed E-state index contributed by atoms with van der Waals surface area (Å²) in [4.78, 5) is 79.7. The number of imidazole rings is 4. The highest BCUT2D eigenvalue weighted by Gasteiger charge is 2.27. The summed E-state index contributed by atoms with van der Waals surface area (Å²) in [6.07, 6.45) is -2.00. The molecule has 2 unspecified atom stereocenters. The normalized spacial score (nSPS) is 13.1. The maximum atomic E-state index is 15.0. The van der Waals surface area contributed by atoms with Crippen LogP contribution in [0.4, 0.5) is 0 Å². The van der Waals surface area contributed by atoms with E-state index in [1.54, 1.807) is 38.1 Å². The van der Waals surface area contributed by atoms with Crippen molar-refractivity contribution in [1.29, 1.82) is 0 Å². The van der Waals surface area contributed by atoms with Crippen molar-refractivity contribution in [1.82, 2.24) is 47.3 Å². The molecule has 0 fully saturated rings. The van der Waals surface area contributed by atoms with Gasteiger partial charge in [-0.1, -0.05) is 76.2 Å². The number of hydrogen-bond acceptors (Lipinski definition) is 10. The Morgan fingerprint density at radius 1 is 0.316 bits per heavy atom. The smallest absolute Gasteiger partial charge is 0.266 e. The van der Waals surface area contributed by atoms with Crippen LogP contribution < -0.4 is 22.2 Å². The topological polar surface area (TPSA) is 190 Å². The molecular weight excluding hydrogens is 957 g/mol. The molecule has 0 spiro atoms. The van der Waals surface area contributed by atoms with Gasteiger partial charge in [0.1, 0.15) is 35.5 Å². The van der Waals surface area contributed by atoms with E-state index in [9.17, 15) is 10.2 Å². The van der Waals surface area contributed by atoms with Gasteiger partial charge in [0, 0.05) is 11.8 Å². The van der Waals surface area contributed by atoms with Gasteiger partial charge in [0.25, 0.3) is 22.2 Å². The minimum Gasteiger partial charge on any atom is -0.385 e. The Kier molecular flexibility index (Phi) is 10.4. The van der Waals surface area contributed by atoms with Crippen LogP contribution in [0.3, 0.4) is 0 Å². The van der Waals surface area contributed by atoms with E-state index in [0.717, 1.165) is 42.8 Å². The lowest BCUT2D eigenvalue weighted by Crippen LogP contribution is -2.24. The first-order chi connectivity index (χ1) is 36.7. The van der Waals surface area contributed by atoms with E-state index in [0.29, 0.717) is 56.5 Å². The zero-order valence-electron chi connectivity index (χ0n) is 42.2. The van der Waals surface area contributed by atoms with Crippen molar-refractivity contribution in [3.8, 4) is 34.1 Å². The lowest BCUT2D eigenvalue weighted by Gasteiger charge is -2.17. The number of benzene rings is 7. The number of aromatic nitrogens is 10. The molecule has 0 radical (unpaired) electrons. The number of aliphatic hydroxyl groups is 2. The first-order valence-electron chi connectivity index (χ1n) is 25.2. The third-order valence-electron chi connectivity index (χ3n) is 14.3. The third-order valence-corrected chi connectivity index (χ3v) is 14.3. The molecule has 7 aromatic carbocycles. The predicted octanol–water partition coefficient (Wildman–Crippen LogP) is 9.60. The molecule has 0 saturated carbocycles. The SMILES string of the molecule is CC(C)c1nc2ccccc2n1-c1cc(-n2c(=O)c3cc4c(=O)n(-c5cc(-n6c(C(C)C)nc7ccccc76)cc(-n6c(C(C)O)nc7ccccc76)c5)c(=O)c4cc3c2=O)cc(-n2c(C(C)O)nc3ccccc32)c1. The van der Waals surface area contributed by atoms with E-state index in [1.165, 1.54) is 12.1 Å². The predicted molar refractivity (Wildman–Crippen MR) is 296 cm³/mol. The zero-order valence-corrected chi connectivity index (χ0v) is 42.2. The van der Waals surface area contributed by atoms with E-state index in [1.807, 2.05) is 155 Å². The van der Waals surface area contributed by atoms with Crippen LogP contribution in [0.5, 0.6) is 0 Å². The fourth-order valence-corrected chi connectivity index (χ4v) is 11.0. The van der Waals surface area contributed by atoms with Crippen molar-refractivity contribution in [2.45, 2.75) is 65.6 Å². The standard InChI is InChI=1S/C60H48N10O6/c1-31(2)53-61-45-15-7-11-19-49(45)65(53)35-23-37(67-51-21-13-9-17-47(51)63-55(67)33(5)71)27-39(25-35)69-57(73)41-29-43-44(30-42(41)58(69)74)60(76)70(59(43)75)40-26-36(66-50-20-12-8-16-46(50)62-54(66)32(3)4)24-38(28-40)68-52-22-14-10-18-48(52)64-56(68)34(6)72/h7-34,71-72H,1-6H3. The van der Waals surface area contributed by atoms with Crippen LogP contribution in [0.2, 0.25) is 0 Å². The molecule has 16 heteroatoms. The molecule has 0 aliphatic rings. The van der Waals surface area contributed by atoms with E-state index in [-0.39, 0.29) is 44.8 Å². The van der Waals surface area contributed by atoms with Crippen LogP contribution in [0.15, 0.2) is 165 Å². The highest BCUT2D eigenvalue weighted by atomic mass is 16.3. The summed E-state index contributed by atoms with van der Waals surface area (Å²) < 4.78 is 9.79. The summed E-state index contributed by atoms with van der Waals surface area (Å²) in [6, 6.07) is 43.9. The average Bonchev–Trinajstić information content (AvgIpc) is 4.37. The van der Waals surface area contributed by atoms with Crippen LogP contribution in [0.1, 0.15) is 88.9 Å². The number of hydrogen-bond donors (Lipinski definition) is 2. The van der Waals surface area contributed by atoms with Gasteiger partial charge in [-0.2, -0.15) is 0 Å². The van der Waals surface area contributed by atoms with Gasteiger partial charge in [-0.05, 0) is 111 Å². The number of fused-ring (bicyclic) bond motifs is 6. The molecule has 76 heavy (non-hydrogen) atoms. The Morgan fingerprint density at radius 2 is 0.539 bits per heavy atom. The van der Waals surface area contributed by atoms with Crippen LogP contribution in [-0.2, 0) is 0 Å². The van der Waals surface area contributed by atoms with Gasteiger partial charge in [-0.25, -0.2) is 29.1 Å². The van der Waals surface area contributed by atoms with Gasteiger partial charge in [-0.15, -0.1) is 0 Å². The molecule has 13 aromatic rings. The minimum atomic E-state index is -0.999. The lowest BCUT2D eigenvalue weighted by molar-refractivity contribution is 0.187. The summed E-state index contributed by atoms with van der Waals surface area (Å²) in [6.45, 7) is 11.4. The molecule has 2 atom stereocenters. The Bertz CT molecular complexity index is 4200. The van der Waals surface area contributed by atoms with Crippen molar-refractivity contribution >= 4 is 65.7 Å². The lowest BCUT2D eigenvalue weighted by atomic mass is 10.1. The highest BCUT2D eigenvalue weighted by Crippen LogP contribution is 2.35. The van der Waals surface area contributed by atoms with Gasteiger partial charge in [-0.3, -0.25) is 37.4 Å². The van der Waals surface area contributed by atoms with E-state index in [2.05, 4.69) is 0 Å². The largest absolute Gasteiger partial charge is 0.385 e. The van der Waals surface area contributed by atoms with E-state index < -0.39 is 34.4 Å². The summed E-state index contributed by atoms with van der Waals surface area (Å²) in [5, 5.41) is 22.1. The number of rotatable bonds is 10. The molecular formula is C60H48N10O6. The Morgan fingerprint density at radius 3 is 0.789 bits per heavy atom. The molecule has 6 heterocycles. The molecule has 2 N–H and O–H groups in total. The van der Waals surface area contributed by atoms with Gasteiger partial charge in [0.05, 0.1) is 99.8 Å². The second-order valence-corrected chi connectivity index (χ2v) is 20.1. The monoisotopic (exact) mass is 1000 g/mol. The molecule has 0 aliphatic carbocycles. The summed E-state index contributed by atoms with van der Waals surface area (Å²) in [5.41, 5.74) is 5.66.